The number of rotatable bonds is 4. The van der Waals surface area contributed by atoms with Gasteiger partial charge in [-0.25, -0.2) is 0 Å². The molecule has 19 heavy (non-hydrogen) atoms. The van der Waals surface area contributed by atoms with Crippen LogP contribution in [-0.4, -0.2) is 4.98 Å². The maximum absolute atomic E-state index is 11.6. The minimum absolute atomic E-state index is 0.142. The summed E-state index contributed by atoms with van der Waals surface area (Å²) < 4.78 is 0. The monoisotopic (exact) mass is 252 g/mol. The molecular formula is C16H16N2O. The van der Waals surface area contributed by atoms with E-state index in [1.807, 2.05) is 18.2 Å². The molecule has 1 heterocycles. The highest BCUT2D eigenvalue weighted by atomic mass is 16.1. The molecule has 3 heteroatoms. The van der Waals surface area contributed by atoms with Crippen molar-refractivity contribution in [1.29, 1.82) is 5.26 Å². The van der Waals surface area contributed by atoms with Crippen LogP contribution in [0.1, 0.15) is 30.9 Å². The molecule has 0 fully saturated rings. The summed E-state index contributed by atoms with van der Waals surface area (Å²) >= 11 is 0. The third kappa shape index (κ3) is 3.11. The molecule has 0 spiro atoms. The van der Waals surface area contributed by atoms with Crippen molar-refractivity contribution in [1.82, 2.24) is 4.98 Å². The van der Waals surface area contributed by atoms with Gasteiger partial charge >= 0.3 is 0 Å². The molecule has 0 amide bonds. The van der Waals surface area contributed by atoms with Crippen molar-refractivity contribution >= 4 is 0 Å². The average molecular weight is 252 g/mol. The molecule has 96 valence electrons. The van der Waals surface area contributed by atoms with Gasteiger partial charge in [0.25, 0.3) is 5.56 Å². The van der Waals surface area contributed by atoms with Gasteiger partial charge in [-0.15, -0.1) is 0 Å². The van der Waals surface area contributed by atoms with Crippen LogP contribution in [0.4, 0.5) is 0 Å². The number of nitrogens with zero attached hydrogens (tertiary/aromatic N) is 1. The lowest BCUT2D eigenvalue weighted by Gasteiger charge is -2.04. The number of aromatic amines is 1. The number of nitriles is 1. The standard InChI is InChI=1S/C16H16N2O/c1-2-3-4-12-5-7-13(8-6-12)15-10-9-14(11-17)16(19)18-15/h5-10H,2-4H2,1H3,(H,18,19). The molecule has 0 radical (unpaired) electrons. The lowest BCUT2D eigenvalue weighted by Crippen LogP contribution is -2.10. The number of unbranched alkanes of at least 4 members (excludes halogenated alkanes) is 1. The normalized spacial score (nSPS) is 10.1. The molecule has 0 bridgehead atoms. The van der Waals surface area contributed by atoms with Gasteiger partial charge in [-0.3, -0.25) is 4.79 Å². The first-order chi connectivity index (χ1) is 9.24. The first kappa shape index (κ1) is 13.1. The number of hydrogen-bond acceptors (Lipinski definition) is 2. The molecule has 0 saturated heterocycles. The van der Waals surface area contributed by atoms with Crippen LogP contribution < -0.4 is 5.56 Å². The van der Waals surface area contributed by atoms with Gasteiger partial charge in [-0.05, 0) is 36.1 Å². The number of aryl methyl sites for hydroxylation is 1. The molecule has 0 aliphatic carbocycles. The second kappa shape index (κ2) is 6.01. The number of nitrogens with one attached hydrogen (secondary N) is 1. The Morgan fingerprint density at radius 1 is 1.16 bits per heavy atom. The van der Waals surface area contributed by atoms with Crippen LogP contribution in [0.3, 0.4) is 0 Å². The van der Waals surface area contributed by atoms with E-state index >= 15 is 0 Å². The van der Waals surface area contributed by atoms with Crippen LogP contribution in [-0.2, 0) is 6.42 Å². The molecule has 0 atom stereocenters. The zero-order valence-corrected chi connectivity index (χ0v) is 10.9. The van der Waals surface area contributed by atoms with Gasteiger partial charge in [-0.2, -0.15) is 5.26 Å². The van der Waals surface area contributed by atoms with E-state index in [1.165, 1.54) is 18.4 Å². The van der Waals surface area contributed by atoms with E-state index in [0.29, 0.717) is 0 Å². The molecule has 0 saturated carbocycles. The number of H-pyrrole nitrogens is 1. The molecule has 2 aromatic rings. The van der Waals surface area contributed by atoms with Crippen LogP contribution in [0, 0.1) is 11.3 Å². The third-order valence-corrected chi connectivity index (χ3v) is 3.11. The highest BCUT2D eigenvalue weighted by Crippen LogP contribution is 2.17. The minimum atomic E-state index is -0.338. The molecule has 0 aliphatic heterocycles. The van der Waals surface area contributed by atoms with E-state index in [2.05, 4.69) is 24.0 Å². The van der Waals surface area contributed by atoms with E-state index in [-0.39, 0.29) is 11.1 Å². The van der Waals surface area contributed by atoms with Gasteiger partial charge in [0.2, 0.25) is 0 Å². The van der Waals surface area contributed by atoms with Crippen molar-refractivity contribution < 1.29 is 0 Å². The summed E-state index contributed by atoms with van der Waals surface area (Å²) in [6, 6.07) is 13.4. The fourth-order valence-electron chi connectivity index (χ4n) is 1.96. The Morgan fingerprint density at radius 2 is 1.89 bits per heavy atom. The van der Waals surface area contributed by atoms with E-state index in [9.17, 15) is 4.79 Å². The van der Waals surface area contributed by atoms with E-state index in [0.717, 1.165) is 17.7 Å². The number of pyridine rings is 1. The number of aromatic nitrogens is 1. The highest BCUT2D eigenvalue weighted by molar-refractivity contribution is 5.59. The van der Waals surface area contributed by atoms with Crippen molar-refractivity contribution in [3.05, 3.63) is 57.9 Å². The van der Waals surface area contributed by atoms with Crippen molar-refractivity contribution in [2.45, 2.75) is 26.2 Å². The van der Waals surface area contributed by atoms with Gasteiger partial charge in [0.1, 0.15) is 11.6 Å². The van der Waals surface area contributed by atoms with Crippen LogP contribution in [0.2, 0.25) is 0 Å². The SMILES string of the molecule is CCCCc1ccc(-c2ccc(C#N)c(=O)[nH]2)cc1. The summed E-state index contributed by atoms with van der Waals surface area (Å²) in [5.74, 6) is 0. The molecule has 1 aromatic heterocycles. The molecular weight excluding hydrogens is 236 g/mol. The molecule has 0 unspecified atom stereocenters. The Bertz CT molecular complexity index is 648. The molecule has 1 N–H and O–H groups in total. The Kier molecular flexibility index (Phi) is 4.15. The maximum atomic E-state index is 11.6. The zero-order valence-electron chi connectivity index (χ0n) is 10.9. The molecule has 0 aliphatic rings. The van der Waals surface area contributed by atoms with Gasteiger partial charge in [0.15, 0.2) is 0 Å². The number of benzene rings is 1. The van der Waals surface area contributed by atoms with Crippen molar-refractivity contribution in [3.63, 3.8) is 0 Å². The summed E-state index contributed by atoms with van der Waals surface area (Å²) in [5.41, 5.74) is 2.81. The Hall–Kier alpha value is -2.34. The Morgan fingerprint density at radius 3 is 2.47 bits per heavy atom. The smallest absolute Gasteiger partial charge is 0.266 e. The molecule has 2 rings (SSSR count). The second-order valence-electron chi connectivity index (χ2n) is 4.53. The van der Waals surface area contributed by atoms with E-state index < -0.39 is 0 Å². The summed E-state index contributed by atoms with van der Waals surface area (Å²) in [4.78, 5) is 14.3. The van der Waals surface area contributed by atoms with Crippen LogP contribution >= 0.6 is 0 Å². The first-order valence-electron chi connectivity index (χ1n) is 6.47. The summed E-state index contributed by atoms with van der Waals surface area (Å²) in [7, 11) is 0. The Labute approximate surface area is 112 Å². The van der Waals surface area contributed by atoms with Gasteiger partial charge in [0, 0.05) is 5.69 Å². The van der Waals surface area contributed by atoms with E-state index in [1.54, 1.807) is 12.1 Å². The first-order valence-corrected chi connectivity index (χ1v) is 6.47. The largest absolute Gasteiger partial charge is 0.321 e. The highest BCUT2D eigenvalue weighted by Gasteiger charge is 2.02. The molecule has 3 nitrogen and oxygen atoms in total. The summed E-state index contributed by atoms with van der Waals surface area (Å²) in [5, 5.41) is 8.73. The fraction of sp³-hybridized carbons (Fsp3) is 0.250. The average Bonchev–Trinajstić information content (AvgIpc) is 2.45. The maximum Gasteiger partial charge on any atom is 0.266 e. The van der Waals surface area contributed by atoms with Gasteiger partial charge in [0.05, 0.1) is 0 Å². The fourth-order valence-corrected chi connectivity index (χ4v) is 1.96. The lowest BCUT2D eigenvalue weighted by molar-refractivity contribution is 0.795. The summed E-state index contributed by atoms with van der Waals surface area (Å²) in [6.07, 6.45) is 3.46. The zero-order chi connectivity index (χ0) is 13.7. The van der Waals surface area contributed by atoms with Crippen LogP contribution in [0.5, 0.6) is 0 Å². The van der Waals surface area contributed by atoms with E-state index in [4.69, 9.17) is 5.26 Å². The van der Waals surface area contributed by atoms with Gasteiger partial charge in [-0.1, -0.05) is 37.6 Å². The summed E-state index contributed by atoms with van der Waals surface area (Å²) in [6.45, 7) is 2.18. The predicted octanol–water partition coefficient (Wildman–Crippen LogP) is 3.26. The Balaban J connectivity index is 2.25. The predicted molar refractivity (Wildman–Crippen MR) is 75.8 cm³/mol. The topological polar surface area (TPSA) is 56.6 Å². The minimum Gasteiger partial charge on any atom is -0.321 e. The van der Waals surface area contributed by atoms with Crippen molar-refractivity contribution in [2.75, 3.05) is 0 Å². The van der Waals surface area contributed by atoms with Crippen molar-refractivity contribution in [2.24, 2.45) is 0 Å². The quantitative estimate of drug-likeness (QED) is 0.908. The van der Waals surface area contributed by atoms with Crippen LogP contribution in [0.15, 0.2) is 41.2 Å². The van der Waals surface area contributed by atoms with Gasteiger partial charge < -0.3 is 4.98 Å². The third-order valence-electron chi connectivity index (χ3n) is 3.11. The lowest BCUT2D eigenvalue weighted by atomic mass is 10.0. The number of hydrogen-bond donors (Lipinski definition) is 1. The molecule has 1 aromatic carbocycles. The van der Waals surface area contributed by atoms with Crippen molar-refractivity contribution in [3.8, 4) is 17.3 Å². The second-order valence-corrected chi connectivity index (χ2v) is 4.53. The van der Waals surface area contributed by atoms with Crippen LogP contribution in [0.25, 0.3) is 11.3 Å².